The summed E-state index contributed by atoms with van der Waals surface area (Å²) in [6, 6.07) is 0.193. The van der Waals surface area contributed by atoms with E-state index >= 15 is 0 Å². The molecule has 0 saturated carbocycles. The smallest absolute Gasteiger partial charge is 0.219 e. The van der Waals surface area contributed by atoms with E-state index in [2.05, 4.69) is 21.8 Å². The molecule has 2 aliphatic heterocycles. The molecule has 0 aromatic carbocycles. The van der Waals surface area contributed by atoms with Gasteiger partial charge in [0.15, 0.2) is 5.82 Å². The van der Waals surface area contributed by atoms with Crippen molar-refractivity contribution < 1.29 is 14.6 Å². The third-order valence-corrected chi connectivity index (χ3v) is 5.18. The lowest BCUT2D eigenvalue weighted by Gasteiger charge is -2.35. The highest BCUT2D eigenvalue weighted by molar-refractivity contribution is 5.61. The lowest BCUT2D eigenvalue weighted by Crippen LogP contribution is -2.44. The Balaban J connectivity index is 1.86. The summed E-state index contributed by atoms with van der Waals surface area (Å²) in [5.41, 5.74) is 7.43. The van der Waals surface area contributed by atoms with Gasteiger partial charge in [0.05, 0.1) is 37.1 Å². The predicted octanol–water partition coefficient (Wildman–Crippen LogP) is 0.869. The van der Waals surface area contributed by atoms with Gasteiger partial charge in [0.1, 0.15) is 11.4 Å². The van der Waals surface area contributed by atoms with Crippen molar-refractivity contribution in [3.05, 3.63) is 23.7 Å². The molecule has 2 unspecified atom stereocenters. The number of fused-ring (bicyclic) bond motifs is 1. The molecule has 9 heteroatoms. The number of hydrogen-bond donors (Lipinski definition) is 2. The zero-order chi connectivity index (χ0) is 19.0. The number of hydrogen-bond acceptors (Lipinski definition) is 9. The molecule has 1 saturated heterocycles. The van der Waals surface area contributed by atoms with Gasteiger partial charge in [-0.1, -0.05) is 0 Å². The maximum atomic E-state index is 9.51. The van der Waals surface area contributed by atoms with Gasteiger partial charge >= 0.3 is 0 Å². The third-order valence-electron chi connectivity index (χ3n) is 5.18. The summed E-state index contributed by atoms with van der Waals surface area (Å²) in [6.45, 7) is 6.55. The molecule has 4 rings (SSSR count). The fourth-order valence-corrected chi connectivity index (χ4v) is 3.61. The largest absolute Gasteiger partial charge is 0.396 e. The van der Waals surface area contributed by atoms with Gasteiger partial charge in [0, 0.05) is 37.5 Å². The second-order valence-electron chi connectivity index (χ2n) is 7.14. The van der Waals surface area contributed by atoms with Crippen molar-refractivity contribution in [3.8, 4) is 11.4 Å². The van der Waals surface area contributed by atoms with E-state index in [9.17, 15) is 5.11 Å². The monoisotopic (exact) mass is 372 g/mol. The van der Waals surface area contributed by atoms with E-state index in [0.717, 1.165) is 23.6 Å². The van der Waals surface area contributed by atoms with Gasteiger partial charge in [-0.25, -0.2) is 19.9 Å². The summed E-state index contributed by atoms with van der Waals surface area (Å²) in [5, 5.41) is 9.51. The lowest BCUT2D eigenvalue weighted by molar-refractivity contribution is -0.0410. The van der Waals surface area contributed by atoms with Crippen molar-refractivity contribution >= 4 is 11.8 Å². The molecule has 4 heterocycles. The number of nitrogen functional groups attached to an aromatic ring is 1. The number of nitrogens with zero attached hydrogens (tertiary/aromatic N) is 5. The van der Waals surface area contributed by atoms with E-state index in [1.54, 1.807) is 12.4 Å². The molecule has 0 spiro atoms. The normalized spacial score (nSPS) is 24.9. The molecule has 9 nitrogen and oxygen atoms in total. The number of aliphatic hydroxyl groups excluding tert-OH is 1. The van der Waals surface area contributed by atoms with Gasteiger partial charge in [-0.05, 0) is 13.8 Å². The van der Waals surface area contributed by atoms with E-state index < -0.39 is 5.60 Å². The minimum absolute atomic E-state index is 0.0174. The van der Waals surface area contributed by atoms with Crippen LogP contribution < -0.4 is 10.6 Å². The molecular formula is C18H24N6O3. The van der Waals surface area contributed by atoms with Gasteiger partial charge in [-0.15, -0.1) is 0 Å². The molecule has 3 N–H and O–H groups in total. The Morgan fingerprint density at radius 2 is 2.11 bits per heavy atom. The minimum Gasteiger partial charge on any atom is -0.396 e. The fraction of sp³-hybridized carbons (Fsp3) is 0.556. The Kier molecular flexibility index (Phi) is 4.67. The van der Waals surface area contributed by atoms with Crippen molar-refractivity contribution in [3.63, 3.8) is 0 Å². The zero-order valence-corrected chi connectivity index (χ0v) is 15.6. The SMILES string of the molecule is CC1COCCN1c1nc(-c2cnc(N)nc2)nc2c1COC2(C)CCO. The van der Waals surface area contributed by atoms with Crippen LogP contribution in [-0.2, 0) is 21.7 Å². The van der Waals surface area contributed by atoms with Crippen molar-refractivity contribution in [2.24, 2.45) is 0 Å². The minimum atomic E-state index is -0.652. The van der Waals surface area contributed by atoms with E-state index in [0.29, 0.717) is 37.6 Å². The van der Waals surface area contributed by atoms with Crippen LogP contribution in [0.15, 0.2) is 12.4 Å². The molecular weight excluding hydrogens is 348 g/mol. The maximum absolute atomic E-state index is 9.51. The van der Waals surface area contributed by atoms with Gasteiger partial charge in [0.2, 0.25) is 5.95 Å². The second kappa shape index (κ2) is 6.99. The van der Waals surface area contributed by atoms with E-state index in [4.69, 9.17) is 25.2 Å². The number of rotatable bonds is 4. The molecule has 0 radical (unpaired) electrons. The Bertz CT molecular complexity index is 831. The molecule has 2 aliphatic rings. The molecule has 144 valence electrons. The van der Waals surface area contributed by atoms with Gasteiger partial charge in [-0.3, -0.25) is 0 Å². The molecule has 0 bridgehead atoms. The van der Waals surface area contributed by atoms with Crippen molar-refractivity contribution in [1.29, 1.82) is 0 Å². The fourth-order valence-electron chi connectivity index (χ4n) is 3.61. The molecule has 2 atom stereocenters. The number of aliphatic hydroxyl groups is 1. The second-order valence-corrected chi connectivity index (χ2v) is 7.14. The summed E-state index contributed by atoms with van der Waals surface area (Å²) in [6.07, 6.45) is 3.71. The topological polar surface area (TPSA) is 120 Å². The molecule has 27 heavy (non-hydrogen) atoms. The van der Waals surface area contributed by atoms with Crippen LogP contribution >= 0.6 is 0 Å². The number of nitrogens with two attached hydrogens (primary N) is 1. The molecule has 2 aromatic heterocycles. The van der Waals surface area contributed by atoms with Crippen molar-refractivity contribution in [2.45, 2.75) is 38.5 Å². The first-order valence-electron chi connectivity index (χ1n) is 9.10. The van der Waals surface area contributed by atoms with Crippen LogP contribution in [0.2, 0.25) is 0 Å². The summed E-state index contributed by atoms with van der Waals surface area (Å²) < 4.78 is 11.6. The average molecular weight is 372 g/mol. The highest BCUT2D eigenvalue weighted by Crippen LogP contribution is 2.42. The number of ether oxygens (including phenoxy) is 2. The van der Waals surface area contributed by atoms with Gasteiger partial charge in [-0.2, -0.15) is 0 Å². The number of anilines is 2. The van der Waals surface area contributed by atoms with E-state index in [1.807, 2.05) is 6.92 Å². The maximum Gasteiger partial charge on any atom is 0.219 e. The molecule has 0 aliphatic carbocycles. The predicted molar refractivity (Wildman–Crippen MR) is 98.9 cm³/mol. The van der Waals surface area contributed by atoms with Crippen molar-refractivity contribution in [2.75, 3.05) is 37.0 Å². The van der Waals surface area contributed by atoms with Crippen LogP contribution in [0.25, 0.3) is 11.4 Å². The number of aromatic nitrogens is 4. The highest BCUT2D eigenvalue weighted by Gasteiger charge is 2.41. The van der Waals surface area contributed by atoms with Crippen LogP contribution in [0.4, 0.5) is 11.8 Å². The summed E-state index contributed by atoms with van der Waals surface area (Å²) >= 11 is 0. The van der Waals surface area contributed by atoms with Crippen LogP contribution in [0.5, 0.6) is 0 Å². The molecule has 2 aromatic rings. The molecule has 1 fully saturated rings. The van der Waals surface area contributed by atoms with Crippen molar-refractivity contribution in [1.82, 2.24) is 19.9 Å². The van der Waals surface area contributed by atoms with E-state index in [-0.39, 0.29) is 18.6 Å². The lowest BCUT2D eigenvalue weighted by atomic mass is 9.96. The summed E-state index contributed by atoms with van der Waals surface area (Å²) in [7, 11) is 0. The average Bonchev–Trinajstić information content (AvgIpc) is 2.99. The van der Waals surface area contributed by atoms with Gasteiger partial charge in [0.25, 0.3) is 0 Å². The first kappa shape index (κ1) is 18.0. The quantitative estimate of drug-likeness (QED) is 0.805. The summed E-state index contributed by atoms with van der Waals surface area (Å²) in [5.74, 6) is 1.58. The Labute approximate surface area is 157 Å². The van der Waals surface area contributed by atoms with Crippen LogP contribution in [-0.4, -0.2) is 57.4 Å². The Morgan fingerprint density at radius 3 is 2.81 bits per heavy atom. The third kappa shape index (κ3) is 3.22. The standard InChI is InChI=1S/C18H24N6O3/c1-11-9-26-6-4-24(11)16-13-10-27-18(2,3-5-25)14(13)22-15(23-16)12-7-20-17(19)21-8-12/h7-8,11,25H,3-6,9-10H2,1-2H3,(H2,19,20,21). The highest BCUT2D eigenvalue weighted by atomic mass is 16.5. The summed E-state index contributed by atoms with van der Waals surface area (Å²) in [4.78, 5) is 20.0. The zero-order valence-electron chi connectivity index (χ0n) is 15.6. The van der Waals surface area contributed by atoms with Crippen LogP contribution in [0, 0.1) is 0 Å². The number of morpholine rings is 1. The first-order valence-corrected chi connectivity index (χ1v) is 9.10. The Hall–Kier alpha value is -2.36. The Morgan fingerprint density at radius 1 is 1.33 bits per heavy atom. The van der Waals surface area contributed by atoms with Crippen LogP contribution in [0.1, 0.15) is 31.5 Å². The van der Waals surface area contributed by atoms with Crippen LogP contribution in [0.3, 0.4) is 0 Å². The van der Waals surface area contributed by atoms with E-state index in [1.165, 1.54) is 0 Å². The first-order chi connectivity index (χ1) is 13.0. The van der Waals surface area contributed by atoms with Gasteiger partial charge < -0.3 is 25.2 Å². The molecule has 0 amide bonds.